The lowest BCUT2D eigenvalue weighted by molar-refractivity contribution is -0.671. The van der Waals surface area contributed by atoms with Gasteiger partial charge >= 0.3 is 0 Å². The van der Waals surface area contributed by atoms with Crippen LogP contribution >= 0.6 is 0 Å². The van der Waals surface area contributed by atoms with Gasteiger partial charge in [0, 0.05) is 12.1 Å². The highest BCUT2D eigenvalue weighted by Gasteiger charge is 1.97. The minimum Gasteiger partial charge on any atom is -0.264 e. The first-order valence-corrected chi connectivity index (χ1v) is 5.56. The van der Waals surface area contributed by atoms with E-state index in [0.29, 0.717) is 5.69 Å². The van der Waals surface area contributed by atoms with Crippen molar-refractivity contribution in [2.24, 2.45) is 7.05 Å². The summed E-state index contributed by atoms with van der Waals surface area (Å²) in [5, 5.41) is 17.7. The predicted molar refractivity (Wildman–Crippen MR) is 69.0 cm³/mol. The Hall–Kier alpha value is -2.17. The number of hydrogen-bond donors (Lipinski definition) is 2. The highest BCUT2D eigenvalue weighted by atomic mass is 16.8. The van der Waals surface area contributed by atoms with Gasteiger partial charge in [0.15, 0.2) is 12.4 Å². The number of benzene rings is 1. The van der Waals surface area contributed by atoms with E-state index in [1.807, 2.05) is 60.4 Å². The van der Waals surface area contributed by atoms with Gasteiger partial charge in [-0.05, 0) is 23.3 Å². The molecule has 2 rings (SSSR count). The minimum atomic E-state index is 0.102. The Kier molecular flexibility index (Phi) is 3.72. The first-order valence-electron chi connectivity index (χ1n) is 5.56. The van der Waals surface area contributed by atoms with Gasteiger partial charge in [-0.25, -0.2) is 4.57 Å². The topological polar surface area (TPSA) is 47.6 Å². The van der Waals surface area contributed by atoms with Crippen LogP contribution in [0.4, 0.5) is 5.69 Å². The third-order valence-corrected chi connectivity index (χ3v) is 2.60. The molecule has 0 atom stereocenters. The van der Waals surface area contributed by atoms with Crippen LogP contribution in [0.25, 0.3) is 12.2 Å². The summed E-state index contributed by atoms with van der Waals surface area (Å²) < 4.78 is 1.98. The fraction of sp³-hybridized carbons (Fsp3) is 0.0714. The van der Waals surface area contributed by atoms with E-state index in [-0.39, 0.29) is 5.23 Å². The molecule has 0 amide bonds. The minimum absolute atomic E-state index is 0.102. The van der Waals surface area contributed by atoms with E-state index in [4.69, 9.17) is 10.4 Å². The molecule has 1 aromatic heterocycles. The summed E-state index contributed by atoms with van der Waals surface area (Å²) in [7, 11) is 1.97. The summed E-state index contributed by atoms with van der Waals surface area (Å²) in [4.78, 5) is 0. The predicted octanol–water partition coefficient (Wildman–Crippen LogP) is 2.27. The molecule has 0 aliphatic heterocycles. The fourth-order valence-electron chi connectivity index (χ4n) is 1.53. The zero-order valence-electron chi connectivity index (χ0n) is 10.1. The average molecular weight is 243 g/mol. The molecule has 0 radical (unpaired) electrons. The molecule has 1 aromatic carbocycles. The Morgan fingerprint density at radius 2 is 1.39 bits per heavy atom. The third-order valence-electron chi connectivity index (χ3n) is 2.60. The van der Waals surface area contributed by atoms with Crippen molar-refractivity contribution in [2.75, 3.05) is 5.23 Å². The molecule has 4 nitrogen and oxygen atoms in total. The molecule has 0 saturated carbocycles. The quantitative estimate of drug-likeness (QED) is 0.642. The number of rotatable bonds is 3. The highest BCUT2D eigenvalue weighted by molar-refractivity contribution is 5.69. The van der Waals surface area contributed by atoms with Crippen molar-refractivity contribution in [2.45, 2.75) is 0 Å². The average Bonchev–Trinajstić information content (AvgIpc) is 2.38. The molecule has 18 heavy (non-hydrogen) atoms. The van der Waals surface area contributed by atoms with E-state index in [1.165, 1.54) is 0 Å². The van der Waals surface area contributed by atoms with Crippen LogP contribution in [-0.4, -0.2) is 10.4 Å². The summed E-state index contributed by atoms with van der Waals surface area (Å²) in [5.41, 5.74) is 2.44. The largest absolute Gasteiger partial charge is 0.264 e. The molecule has 0 bridgehead atoms. The normalized spacial score (nSPS) is 10.8. The van der Waals surface area contributed by atoms with Crippen LogP contribution in [0.15, 0.2) is 48.8 Å². The van der Waals surface area contributed by atoms with Gasteiger partial charge in [-0.3, -0.25) is 10.4 Å². The molecule has 0 fully saturated rings. The van der Waals surface area contributed by atoms with Crippen LogP contribution in [0.3, 0.4) is 0 Å². The van der Waals surface area contributed by atoms with Crippen molar-refractivity contribution in [3.8, 4) is 0 Å². The second kappa shape index (κ2) is 5.44. The molecular formula is C14H15N2O2+. The van der Waals surface area contributed by atoms with E-state index in [2.05, 4.69) is 0 Å². The van der Waals surface area contributed by atoms with Crippen LogP contribution in [0.2, 0.25) is 0 Å². The third kappa shape index (κ3) is 3.16. The van der Waals surface area contributed by atoms with Crippen molar-refractivity contribution < 1.29 is 15.0 Å². The van der Waals surface area contributed by atoms with Crippen molar-refractivity contribution in [3.63, 3.8) is 0 Å². The number of hydrogen-bond acceptors (Lipinski definition) is 3. The SMILES string of the molecule is C[n+]1ccc(/C=C/c2ccc(N(O)O)cc2)cc1. The fourth-order valence-corrected chi connectivity index (χ4v) is 1.53. The van der Waals surface area contributed by atoms with Crippen LogP contribution in [0.5, 0.6) is 0 Å². The van der Waals surface area contributed by atoms with Crippen molar-refractivity contribution in [3.05, 3.63) is 59.9 Å². The Labute approximate surface area is 106 Å². The van der Waals surface area contributed by atoms with Gasteiger partial charge < -0.3 is 0 Å². The molecule has 0 spiro atoms. The lowest BCUT2D eigenvalue weighted by Gasteiger charge is -2.06. The Morgan fingerprint density at radius 1 is 0.889 bits per heavy atom. The van der Waals surface area contributed by atoms with Gasteiger partial charge in [-0.2, -0.15) is 0 Å². The Bertz CT molecular complexity index is 531. The molecule has 2 aromatic rings. The first-order chi connectivity index (χ1) is 8.65. The van der Waals surface area contributed by atoms with Crippen molar-refractivity contribution in [1.29, 1.82) is 0 Å². The molecule has 0 aliphatic rings. The molecular weight excluding hydrogens is 228 g/mol. The van der Waals surface area contributed by atoms with E-state index in [1.54, 1.807) is 12.1 Å². The number of aryl methyl sites for hydroxylation is 1. The molecule has 4 heteroatoms. The van der Waals surface area contributed by atoms with Crippen LogP contribution in [0.1, 0.15) is 11.1 Å². The molecule has 2 N–H and O–H groups in total. The Balaban J connectivity index is 2.11. The molecule has 1 heterocycles. The van der Waals surface area contributed by atoms with Gasteiger partial charge in [-0.15, -0.1) is 5.23 Å². The zero-order chi connectivity index (χ0) is 13.0. The summed E-state index contributed by atoms with van der Waals surface area (Å²) in [5.74, 6) is 0. The monoisotopic (exact) mass is 243 g/mol. The van der Waals surface area contributed by atoms with Crippen LogP contribution < -0.4 is 9.79 Å². The lowest BCUT2D eigenvalue weighted by atomic mass is 10.1. The van der Waals surface area contributed by atoms with E-state index in [0.717, 1.165) is 11.1 Å². The van der Waals surface area contributed by atoms with E-state index < -0.39 is 0 Å². The molecule has 92 valence electrons. The maximum absolute atomic E-state index is 8.82. The second-order valence-electron chi connectivity index (χ2n) is 4.01. The number of nitrogens with zero attached hydrogens (tertiary/aromatic N) is 2. The zero-order valence-corrected chi connectivity index (χ0v) is 10.1. The smallest absolute Gasteiger partial charge is 0.169 e. The van der Waals surface area contributed by atoms with Crippen molar-refractivity contribution >= 4 is 17.8 Å². The number of anilines is 1. The second-order valence-corrected chi connectivity index (χ2v) is 4.01. The molecule has 0 saturated heterocycles. The number of aromatic nitrogens is 1. The Morgan fingerprint density at radius 3 is 1.89 bits per heavy atom. The molecule has 0 aliphatic carbocycles. The summed E-state index contributed by atoms with van der Waals surface area (Å²) in [6.07, 6.45) is 7.94. The van der Waals surface area contributed by atoms with Gasteiger partial charge in [-0.1, -0.05) is 24.3 Å². The maximum Gasteiger partial charge on any atom is 0.169 e. The summed E-state index contributed by atoms with van der Waals surface area (Å²) >= 11 is 0. The van der Waals surface area contributed by atoms with E-state index in [9.17, 15) is 0 Å². The van der Waals surface area contributed by atoms with Gasteiger partial charge in [0.2, 0.25) is 0 Å². The first kappa shape index (κ1) is 12.3. The standard InChI is InChI=1S/C14H15N2O2/c1-15-10-8-13(9-11-15)3-2-12-4-6-14(7-5-12)16(17)18/h2-11,17-18H,1H3/q+1. The maximum atomic E-state index is 8.82. The van der Waals surface area contributed by atoms with Crippen molar-refractivity contribution in [1.82, 2.24) is 0 Å². The van der Waals surface area contributed by atoms with Crippen LogP contribution in [0, 0.1) is 0 Å². The van der Waals surface area contributed by atoms with Gasteiger partial charge in [0.1, 0.15) is 7.05 Å². The lowest BCUT2D eigenvalue weighted by Crippen LogP contribution is -2.25. The summed E-state index contributed by atoms with van der Waals surface area (Å²) in [6.45, 7) is 0. The van der Waals surface area contributed by atoms with Crippen LogP contribution in [-0.2, 0) is 7.05 Å². The summed E-state index contributed by atoms with van der Waals surface area (Å²) in [6, 6.07) is 10.9. The number of pyridine rings is 1. The van der Waals surface area contributed by atoms with E-state index >= 15 is 0 Å². The highest BCUT2D eigenvalue weighted by Crippen LogP contribution is 2.14. The van der Waals surface area contributed by atoms with Gasteiger partial charge in [0.25, 0.3) is 0 Å². The van der Waals surface area contributed by atoms with Gasteiger partial charge in [0.05, 0.1) is 5.69 Å². The molecule has 0 unspecified atom stereocenters.